The van der Waals surface area contributed by atoms with Crippen molar-refractivity contribution in [3.05, 3.63) is 0 Å². The van der Waals surface area contributed by atoms with Crippen molar-refractivity contribution in [1.82, 2.24) is 9.80 Å². The quantitative estimate of drug-likeness (QED) is 0.360. The molecule has 0 aromatic rings. The average Bonchev–Trinajstić information content (AvgIpc) is 2.32. The van der Waals surface area contributed by atoms with Gasteiger partial charge in [-0.15, -0.1) is 0 Å². The molecule has 0 amide bonds. The highest BCUT2D eigenvalue weighted by molar-refractivity contribution is 5.72. The van der Waals surface area contributed by atoms with Crippen LogP contribution < -0.4 is 0 Å². The van der Waals surface area contributed by atoms with Crippen molar-refractivity contribution in [3.63, 3.8) is 0 Å². The SMILES string of the molecule is CC(=O)OCCN(CCN(CC(=O)O)CC(=O)O)CC(=O)O. The number of rotatable bonds is 12. The second-order valence-corrected chi connectivity index (χ2v) is 4.51. The second-order valence-electron chi connectivity index (χ2n) is 4.51. The predicted octanol–water partition coefficient (Wildman–Crippen LogP) is -1.59. The maximum absolute atomic E-state index is 10.8. The van der Waals surface area contributed by atoms with Gasteiger partial charge < -0.3 is 20.1 Å². The first-order valence-corrected chi connectivity index (χ1v) is 6.44. The number of carboxylic acids is 3. The van der Waals surface area contributed by atoms with E-state index in [2.05, 4.69) is 0 Å². The average molecular weight is 320 g/mol. The van der Waals surface area contributed by atoms with Gasteiger partial charge >= 0.3 is 23.9 Å². The van der Waals surface area contributed by atoms with Crippen LogP contribution in [0.15, 0.2) is 0 Å². The lowest BCUT2D eigenvalue weighted by molar-refractivity contribution is -0.144. The van der Waals surface area contributed by atoms with Crippen LogP contribution in [-0.4, -0.2) is 94.9 Å². The zero-order valence-electron chi connectivity index (χ0n) is 12.2. The summed E-state index contributed by atoms with van der Waals surface area (Å²) in [7, 11) is 0. The number of carbonyl (C=O) groups is 4. The summed E-state index contributed by atoms with van der Waals surface area (Å²) in [5.41, 5.74) is 0. The Morgan fingerprint density at radius 2 is 1.18 bits per heavy atom. The third-order valence-corrected chi connectivity index (χ3v) is 2.52. The summed E-state index contributed by atoms with van der Waals surface area (Å²) < 4.78 is 4.71. The summed E-state index contributed by atoms with van der Waals surface area (Å²) in [6.45, 7) is 0.326. The molecule has 0 aromatic heterocycles. The molecule has 0 fully saturated rings. The number of carboxylic acid groups (broad SMARTS) is 3. The smallest absolute Gasteiger partial charge is 0.317 e. The summed E-state index contributed by atoms with van der Waals surface area (Å²) in [5.74, 6) is -3.93. The Morgan fingerprint density at radius 3 is 1.59 bits per heavy atom. The first kappa shape index (κ1) is 19.8. The molecule has 0 unspecified atom stereocenters. The van der Waals surface area contributed by atoms with Crippen LogP contribution in [0, 0.1) is 0 Å². The van der Waals surface area contributed by atoms with Crippen molar-refractivity contribution in [2.75, 3.05) is 45.9 Å². The van der Waals surface area contributed by atoms with Crippen LogP contribution in [0.5, 0.6) is 0 Å². The van der Waals surface area contributed by atoms with Crippen molar-refractivity contribution >= 4 is 23.9 Å². The van der Waals surface area contributed by atoms with Gasteiger partial charge in [0.1, 0.15) is 6.61 Å². The van der Waals surface area contributed by atoms with Gasteiger partial charge in [-0.25, -0.2) is 0 Å². The molecular weight excluding hydrogens is 300 g/mol. The maximum Gasteiger partial charge on any atom is 0.317 e. The molecule has 0 aliphatic rings. The Balaban J connectivity index is 4.46. The Hall–Kier alpha value is -2.20. The van der Waals surface area contributed by atoms with E-state index in [4.69, 9.17) is 20.1 Å². The fourth-order valence-electron chi connectivity index (χ4n) is 1.66. The summed E-state index contributed by atoms with van der Waals surface area (Å²) in [5, 5.41) is 26.2. The molecule has 0 aromatic carbocycles. The first-order valence-electron chi connectivity index (χ1n) is 6.44. The number of esters is 1. The molecule has 10 nitrogen and oxygen atoms in total. The number of hydrogen-bond donors (Lipinski definition) is 3. The van der Waals surface area contributed by atoms with Gasteiger partial charge in [-0.3, -0.25) is 29.0 Å². The van der Waals surface area contributed by atoms with Crippen LogP contribution in [0.2, 0.25) is 0 Å². The molecule has 126 valence electrons. The van der Waals surface area contributed by atoms with E-state index in [-0.39, 0.29) is 32.8 Å². The number of nitrogens with zero attached hydrogens (tertiary/aromatic N) is 2. The number of hydrogen-bond acceptors (Lipinski definition) is 7. The minimum absolute atomic E-state index is 0.000471. The van der Waals surface area contributed by atoms with Crippen LogP contribution in [0.3, 0.4) is 0 Å². The number of carbonyl (C=O) groups excluding carboxylic acids is 1. The van der Waals surface area contributed by atoms with E-state index in [1.54, 1.807) is 0 Å². The molecule has 3 N–H and O–H groups in total. The molecule has 0 aliphatic heterocycles. The van der Waals surface area contributed by atoms with E-state index in [9.17, 15) is 19.2 Å². The maximum atomic E-state index is 10.8. The zero-order valence-corrected chi connectivity index (χ0v) is 12.2. The summed E-state index contributed by atoms with van der Waals surface area (Å²) in [6, 6.07) is 0. The largest absolute Gasteiger partial charge is 0.480 e. The van der Waals surface area contributed by atoms with E-state index in [1.165, 1.54) is 16.7 Å². The van der Waals surface area contributed by atoms with Gasteiger partial charge in [0, 0.05) is 26.6 Å². The molecule has 0 aliphatic carbocycles. The second kappa shape index (κ2) is 10.5. The molecule has 0 spiro atoms. The van der Waals surface area contributed by atoms with Crippen LogP contribution in [0.25, 0.3) is 0 Å². The highest BCUT2D eigenvalue weighted by Gasteiger charge is 2.16. The third-order valence-electron chi connectivity index (χ3n) is 2.52. The summed E-state index contributed by atoms with van der Waals surface area (Å²) >= 11 is 0. The van der Waals surface area contributed by atoms with Crippen molar-refractivity contribution < 1.29 is 39.2 Å². The van der Waals surface area contributed by atoms with Crippen LogP contribution in [0.1, 0.15) is 6.92 Å². The van der Waals surface area contributed by atoms with E-state index >= 15 is 0 Å². The number of ether oxygens (including phenoxy) is 1. The topological polar surface area (TPSA) is 145 Å². The summed E-state index contributed by atoms with van der Waals surface area (Å²) in [4.78, 5) is 45.3. The monoisotopic (exact) mass is 320 g/mol. The Kier molecular flexibility index (Phi) is 9.46. The molecular formula is C12H20N2O8. The van der Waals surface area contributed by atoms with Gasteiger partial charge in [-0.2, -0.15) is 0 Å². The van der Waals surface area contributed by atoms with Gasteiger partial charge in [0.15, 0.2) is 0 Å². The van der Waals surface area contributed by atoms with Crippen LogP contribution >= 0.6 is 0 Å². The van der Waals surface area contributed by atoms with Crippen molar-refractivity contribution in [3.8, 4) is 0 Å². The van der Waals surface area contributed by atoms with Crippen LogP contribution in [-0.2, 0) is 23.9 Å². The molecule has 0 rings (SSSR count). The van der Waals surface area contributed by atoms with Crippen molar-refractivity contribution in [2.45, 2.75) is 6.92 Å². The molecule has 0 heterocycles. The standard InChI is InChI=1S/C12H20N2O8/c1-9(15)22-5-4-13(6-10(16)17)2-3-14(7-11(18)19)8-12(20)21/h2-8H2,1H3,(H,16,17)(H,18,19)(H,20,21). The normalized spacial score (nSPS) is 10.7. The Labute approximate surface area is 126 Å². The van der Waals surface area contributed by atoms with Gasteiger partial charge in [0.25, 0.3) is 0 Å². The molecule has 22 heavy (non-hydrogen) atoms. The first-order chi connectivity index (χ1) is 10.2. The van der Waals surface area contributed by atoms with E-state index in [0.29, 0.717) is 0 Å². The molecule has 0 saturated carbocycles. The van der Waals surface area contributed by atoms with Gasteiger partial charge in [0.05, 0.1) is 19.6 Å². The minimum Gasteiger partial charge on any atom is -0.480 e. The Morgan fingerprint density at radius 1 is 0.773 bits per heavy atom. The highest BCUT2D eigenvalue weighted by Crippen LogP contribution is 1.95. The lowest BCUT2D eigenvalue weighted by atomic mass is 10.4. The lowest BCUT2D eigenvalue weighted by Gasteiger charge is -2.24. The van der Waals surface area contributed by atoms with Crippen molar-refractivity contribution in [1.29, 1.82) is 0 Å². The zero-order chi connectivity index (χ0) is 17.1. The van der Waals surface area contributed by atoms with E-state index in [1.807, 2.05) is 0 Å². The molecule has 0 atom stereocenters. The third kappa shape index (κ3) is 11.6. The molecule has 0 radical (unpaired) electrons. The van der Waals surface area contributed by atoms with Crippen molar-refractivity contribution in [2.24, 2.45) is 0 Å². The van der Waals surface area contributed by atoms with E-state index in [0.717, 1.165) is 0 Å². The molecule has 0 bridgehead atoms. The van der Waals surface area contributed by atoms with Gasteiger partial charge in [-0.05, 0) is 0 Å². The fraction of sp³-hybridized carbons (Fsp3) is 0.667. The lowest BCUT2D eigenvalue weighted by Crippen LogP contribution is -2.42. The Bertz CT molecular complexity index is 396. The fourth-order valence-corrected chi connectivity index (χ4v) is 1.66. The highest BCUT2D eigenvalue weighted by atomic mass is 16.5. The summed E-state index contributed by atoms with van der Waals surface area (Å²) in [6.07, 6.45) is 0. The predicted molar refractivity (Wildman–Crippen MR) is 72.4 cm³/mol. The van der Waals surface area contributed by atoms with Gasteiger partial charge in [0.2, 0.25) is 0 Å². The number of aliphatic carboxylic acids is 3. The van der Waals surface area contributed by atoms with E-state index < -0.39 is 37.0 Å². The molecule has 0 saturated heterocycles. The minimum atomic E-state index is -1.18. The van der Waals surface area contributed by atoms with Gasteiger partial charge in [-0.1, -0.05) is 0 Å². The van der Waals surface area contributed by atoms with Crippen LogP contribution in [0.4, 0.5) is 0 Å². The molecule has 10 heteroatoms.